The second-order valence-corrected chi connectivity index (χ2v) is 5.92. The lowest BCUT2D eigenvalue weighted by Gasteiger charge is -2.37. The van der Waals surface area contributed by atoms with Gasteiger partial charge >= 0.3 is 0 Å². The molecule has 0 amide bonds. The van der Waals surface area contributed by atoms with Gasteiger partial charge in [0.1, 0.15) is 0 Å². The van der Waals surface area contributed by atoms with Gasteiger partial charge in [0, 0.05) is 6.54 Å². The lowest BCUT2D eigenvalue weighted by Crippen LogP contribution is -2.51. The highest BCUT2D eigenvalue weighted by Gasteiger charge is 2.47. The van der Waals surface area contributed by atoms with Crippen molar-refractivity contribution < 1.29 is 0 Å². The summed E-state index contributed by atoms with van der Waals surface area (Å²) >= 11 is 0. The van der Waals surface area contributed by atoms with E-state index in [1.165, 1.54) is 25.7 Å². The van der Waals surface area contributed by atoms with Crippen LogP contribution in [0, 0.1) is 11.8 Å². The molecule has 16 heavy (non-hydrogen) atoms. The molecule has 1 aliphatic carbocycles. The highest BCUT2D eigenvalue weighted by Crippen LogP contribution is 2.43. The lowest BCUT2D eigenvalue weighted by atomic mass is 9.93. The number of hydrogen-bond acceptors (Lipinski definition) is 3. The van der Waals surface area contributed by atoms with Crippen LogP contribution >= 0.6 is 0 Å². The molecule has 2 atom stereocenters. The van der Waals surface area contributed by atoms with E-state index in [2.05, 4.69) is 30.7 Å². The molecule has 3 nitrogen and oxygen atoms in total. The number of nitrogens with two attached hydrogens (primary N) is 1. The zero-order valence-corrected chi connectivity index (χ0v) is 10.9. The second kappa shape index (κ2) is 4.27. The van der Waals surface area contributed by atoms with Crippen molar-refractivity contribution in [2.45, 2.75) is 52.0 Å². The molecule has 0 saturated heterocycles. The normalized spacial score (nSPS) is 34.1. The summed E-state index contributed by atoms with van der Waals surface area (Å²) in [6.07, 6.45) is 5.23. The molecule has 1 saturated carbocycles. The van der Waals surface area contributed by atoms with Crippen molar-refractivity contribution in [2.75, 3.05) is 13.1 Å². The fraction of sp³-hybridized carbons (Fsp3) is 0.923. The molecule has 1 spiro atoms. The van der Waals surface area contributed by atoms with Crippen LogP contribution < -0.4 is 5.73 Å². The maximum Gasteiger partial charge on any atom is 0.191 e. The molecule has 92 valence electrons. The van der Waals surface area contributed by atoms with E-state index in [9.17, 15) is 0 Å². The second-order valence-electron chi connectivity index (χ2n) is 5.92. The summed E-state index contributed by atoms with van der Waals surface area (Å²) in [7, 11) is 0. The zero-order chi connectivity index (χ0) is 11.8. The van der Waals surface area contributed by atoms with E-state index in [0.717, 1.165) is 25.0 Å². The van der Waals surface area contributed by atoms with Gasteiger partial charge in [0.15, 0.2) is 5.96 Å². The summed E-state index contributed by atoms with van der Waals surface area (Å²) in [5, 5.41) is 0. The smallest absolute Gasteiger partial charge is 0.191 e. The maximum absolute atomic E-state index is 6.04. The quantitative estimate of drug-likeness (QED) is 0.797. The summed E-state index contributed by atoms with van der Waals surface area (Å²) in [4.78, 5) is 6.89. The number of rotatable bonds is 3. The first-order valence-corrected chi connectivity index (χ1v) is 6.65. The molecule has 0 aromatic carbocycles. The Labute approximate surface area is 99.1 Å². The van der Waals surface area contributed by atoms with Crippen molar-refractivity contribution in [3.63, 3.8) is 0 Å². The standard InChI is InChI=1S/C13H25N3/c1-4-11-5-6-13(7-11)9-15-12(14)16(13)8-10(2)3/h10-11H,4-9H2,1-3H3,(H2,14,15). The molecule has 2 N–H and O–H groups in total. The van der Waals surface area contributed by atoms with Crippen LogP contribution in [-0.4, -0.2) is 29.5 Å². The summed E-state index contributed by atoms with van der Waals surface area (Å²) < 4.78 is 0. The molecular weight excluding hydrogens is 198 g/mol. The Kier molecular flexibility index (Phi) is 3.13. The van der Waals surface area contributed by atoms with Crippen LogP contribution in [0.25, 0.3) is 0 Å². The lowest BCUT2D eigenvalue weighted by molar-refractivity contribution is 0.182. The fourth-order valence-corrected chi connectivity index (χ4v) is 3.25. The van der Waals surface area contributed by atoms with Gasteiger partial charge in [-0.3, -0.25) is 4.99 Å². The average molecular weight is 223 g/mol. The third kappa shape index (κ3) is 1.92. The number of aliphatic imine (C=N–C) groups is 1. The zero-order valence-electron chi connectivity index (χ0n) is 10.9. The maximum atomic E-state index is 6.04. The van der Waals surface area contributed by atoms with Gasteiger partial charge in [-0.15, -0.1) is 0 Å². The van der Waals surface area contributed by atoms with Crippen molar-refractivity contribution >= 4 is 5.96 Å². The van der Waals surface area contributed by atoms with Crippen LogP contribution in [0.4, 0.5) is 0 Å². The Morgan fingerprint density at radius 1 is 1.56 bits per heavy atom. The third-order valence-electron chi connectivity index (χ3n) is 4.20. The predicted molar refractivity (Wildman–Crippen MR) is 68.4 cm³/mol. The molecule has 2 aliphatic rings. The van der Waals surface area contributed by atoms with E-state index in [-0.39, 0.29) is 5.54 Å². The molecule has 1 heterocycles. The fourth-order valence-electron chi connectivity index (χ4n) is 3.25. The minimum Gasteiger partial charge on any atom is -0.370 e. The van der Waals surface area contributed by atoms with Gasteiger partial charge in [0.25, 0.3) is 0 Å². The Morgan fingerprint density at radius 3 is 2.88 bits per heavy atom. The van der Waals surface area contributed by atoms with Gasteiger partial charge in [-0.25, -0.2) is 0 Å². The molecule has 0 aromatic heterocycles. The SMILES string of the molecule is CCC1CCC2(CN=C(N)N2CC(C)C)C1. The highest BCUT2D eigenvalue weighted by molar-refractivity contribution is 5.81. The Morgan fingerprint density at radius 2 is 2.31 bits per heavy atom. The van der Waals surface area contributed by atoms with E-state index >= 15 is 0 Å². The van der Waals surface area contributed by atoms with E-state index in [1.807, 2.05) is 0 Å². The summed E-state index contributed by atoms with van der Waals surface area (Å²) in [5.41, 5.74) is 6.33. The minimum atomic E-state index is 0.287. The molecular formula is C13H25N3. The summed E-state index contributed by atoms with van der Waals surface area (Å²) in [6, 6.07) is 0. The van der Waals surface area contributed by atoms with Gasteiger partial charge in [0.05, 0.1) is 12.1 Å². The molecule has 1 aliphatic heterocycles. The van der Waals surface area contributed by atoms with E-state index in [1.54, 1.807) is 0 Å². The molecule has 0 radical (unpaired) electrons. The number of guanidine groups is 1. The first-order chi connectivity index (χ1) is 7.57. The van der Waals surface area contributed by atoms with Crippen molar-refractivity contribution in [2.24, 2.45) is 22.6 Å². The topological polar surface area (TPSA) is 41.6 Å². The van der Waals surface area contributed by atoms with Crippen molar-refractivity contribution in [3.05, 3.63) is 0 Å². The monoisotopic (exact) mass is 223 g/mol. The highest BCUT2D eigenvalue weighted by atomic mass is 15.4. The summed E-state index contributed by atoms with van der Waals surface area (Å²) in [5.74, 6) is 2.32. The average Bonchev–Trinajstić information content (AvgIpc) is 2.78. The Bertz CT molecular complexity index is 285. The van der Waals surface area contributed by atoms with E-state index in [4.69, 9.17) is 5.73 Å². The molecule has 3 heteroatoms. The minimum absolute atomic E-state index is 0.287. The Hall–Kier alpha value is -0.730. The van der Waals surface area contributed by atoms with E-state index in [0.29, 0.717) is 5.92 Å². The van der Waals surface area contributed by atoms with Crippen LogP contribution in [0.2, 0.25) is 0 Å². The van der Waals surface area contributed by atoms with Gasteiger partial charge in [-0.05, 0) is 31.1 Å². The van der Waals surface area contributed by atoms with E-state index < -0.39 is 0 Å². The van der Waals surface area contributed by atoms with Crippen molar-refractivity contribution in [3.8, 4) is 0 Å². The number of nitrogens with zero attached hydrogens (tertiary/aromatic N) is 2. The molecule has 2 unspecified atom stereocenters. The number of hydrogen-bond donors (Lipinski definition) is 1. The molecule has 1 fully saturated rings. The summed E-state index contributed by atoms with van der Waals surface area (Å²) in [6.45, 7) is 8.81. The van der Waals surface area contributed by atoms with Crippen LogP contribution in [-0.2, 0) is 0 Å². The van der Waals surface area contributed by atoms with Gasteiger partial charge in [-0.2, -0.15) is 0 Å². The van der Waals surface area contributed by atoms with Crippen molar-refractivity contribution in [1.29, 1.82) is 0 Å². The first-order valence-electron chi connectivity index (χ1n) is 6.65. The molecule has 0 bridgehead atoms. The van der Waals surface area contributed by atoms with Crippen LogP contribution in [0.5, 0.6) is 0 Å². The van der Waals surface area contributed by atoms with Crippen molar-refractivity contribution in [1.82, 2.24) is 4.90 Å². The Balaban J connectivity index is 2.10. The van der Waals surface area contributed by atoms with Crippen LogP contribution in [0.15, 0.2) is 4.99 Å². The van der Waals surface area contributed by atoms with Gasteiger partial charge in [-0.1, -0.05) is 27.2 Å². The molecule has 2 rings (SSSR count). The third-order valence-corrected chi connectivity index (χ3v) is 4.20. The van der Waals surface area contributed by atoms with Gasteiger partial charge in [0.2, 0.25) is 0 Å². The van der Waals surface area contributed by atoms with Gasteiger partial charge < -0.3 is 10.6 Å². The molecule has 0 aromatic rings. The van der Waals surface area contributed by atoms with Crippen LogP contribution in [0.3, 0.4) is 0 Å². The first kappa shape index (κ1) is 11.7. The predicted octanol–water partition coefficient (Wildman–Crippen LogP) is 2.22. The largest absolute Gasteiger partial charge is 0.370 e. The van der Waals surface area contributed by atoms with Crippen LogP contribution in [0.1, 0.15) is 46.5 Å².